The molecule has 2 heterocycles. The number of nitrogens with zero attached hydrogens (tertiary/aromatic N) is 5. The van der Waals surface area contributed by atoms with Gasteiger partial charge in [-0.05, 0) is 30.3 Å². The van der Waals surface area contributed by atoms with Crippen molar-refractivity contribution in [2.45, 2.75) is 13.1 Å². The Labute approximate surface area is 176 Å². The highest BCUT2D eigenvalue weighted by atomic mass is 19.1. The van der Waals surface area contributed by atoms with Gasteiger partial charge >= 0.3 is 0 Å². The maximum absolute atomic E-state index is 13.9. The number of nitriles is 1. The Balaban J connectivity index is 1.45. The van der Waals surface area contributed by atoms with Crippen LogP contribution in [0.5, 0.6) is 0 Å². The second-order valence-corrected chi connectivity index (χ2v) is 6.82. The fraction of sp³-hybridized carbons (Fsp3) is 0.136. The molecule has 0 radical (unpaired) electrons. The topological polar surface area (TPSA) is 106 Å². The Morgan fingerprint density at radius 1 is 1.16 bits per heavy atom. The van der Waals surface area contributed by atoms with E-state index in [1.165, 1.54) is 27.8 Å². The van der Waals surface area contributed by atoms with Crippen molar-refractivity contribution in [1.29, 1.82) is 5.26 Å². The van der Waals surface area contributed by atoms with Crippen molar-refractivity contribution in [3.8, 4) is 6.07 Å². The van der Waals surface area contributed by atoms with Crippen molar-refractivity contribution in [3.63, 3.8) is 0 Å². The van der Waals surface area contributed by atoms with Gasteiger partial charge in [-0.15, -0.1) is 0 Å². The lowest BCUT2D eigenvalue weighted by Crippen LogP contribution is -2.27. The van der Waals surface area contributed by atoms with Gasteiger partial charge in [-0.1, -0.05) is 18.2 Å². The van der Waals surface area contributed by atoms with Crippen LogP contribution in [0.2, 0.25) is 0 Å². The van der Waals surface area contributed by atoms with Gasteiger partial charge < -0.3 is 5.32 Å². The van der Waals surface area contributed by atoms with E-state index in [1.807, 2.05) is 6.07 Å². The first-order valence-corrected chi connectivity index (χ1v) is 9.49. The molecule has 154 valence electrons. The van der Waals surface area contributed by atoms with Crippen LogP contribution in [0.15, 0.2) is 65.8 Å². The van der Waals surface area contributed by atoms with Crippen LogP contribution >= 0.6 is 0 Å². The molecule has 9 heteroatoms. The zero-order valence-corrected chi connectivity index (χ0v) is 16.3. The Kier molecular flexibility index (Phi) is 5.53. The van der Waals surface area contributed by atoms with E-state index in [9.17, 15) is 14.0 Å². The highest BCUT2D eigenvalue weighted by Gasteiger charge is 2.12. The minimum Gasteiger partial charge on any atom is -0.350 e. The molecule has 0 atom stereocenters. The first kappa shape index (κ1) is 20.0. The summed E-state index contributed by atoms with van der Waals surface area (Å²) in [6.07, 6.45) is 2.79. The van der Waals surface area contributed by atoms with Gasteiger partial charge in [-0.25, -0.2) is 14.1 Å². The van der Waals surface area contributed by atoms with E-state index in [1.54, 1.807) is 42.5 Å². The molecule has 8 nitrogen and oxygen atoms in total. The smallest absolute Gasteiger partial charge is 0.264 e. The number of carbonyl (C=O) groups excluding carboxylic acids is 1. The summed E-state index contributed by atoms with van der Waals surface area (Å²) in [7, 11) is 0. The Bertz CT molecular complexity index is 1350. The fourth-order valence-corrected chi connectivity index (χ4v) is 3.16. The third-order valence-electron chi connectivity index (χ3n) is 4.81. The molecule has 4 rings (SSSR count). The van der Waals surface area contributed by atoms with E-state index in [0.29, 0.717) is 34.3 Å². The Morgan fingerprint density at radius 2 is 1.94 bits per heavy atom. The van der Waals surface area contributed by atoms with Gasteiger partial charge in [0.25, 0.3) is 11.5 Å². The molecular weight excluding hydrogens is 399 g/mol. The largest absolute Gasteiger partial charge is 0.350 e. The first-order chi connectivity index (χ1) is 15.1. The lowest BCUT2D eigenvalue weighted by Gasteiger charge is -2.08. The van der Waals surface area contributed by atoms with Crippen molar-refractivity contribution in [3.05, 3.63) is 93.9 Å². The van der Waals surface area contributed by atoms with Gasteiger partial charge in [0.2, 0.25) is 0 Å². The van der Waals surface area contributed by atoms with Crippen molar-refractivity contribution in [2.24, 2.45) is 0 Å². The molecule has 0 saturated heterocycles. The molecule has 0 fully saturated rings. The average molecular weight is 416 g/mol. The quantitative estimate of drug-likeness (QED) is 0.518. The number of halogens is 1. The predicted molar refractivity (Wildman–Crippen MR) is 111 cm³/mol. The molecule has 0 aliphatic carbocycles. The molecule has 0 bridgehead atoms. The van der Waals surface area contributed by atoms with Gasteiger partial charge in [0.1, 0.15) is 17.5 Å². The van der Waals surface area contributed by atoms with Crippen LogP contribution in [0.3, 0.4) is 0 Å². The minimum atomic E-state index is -0.386. The number of nitrogens with one attached hydrogen (secondary N) is 1. The molecule has 1 amide bonds. The summed E-state index contributed by atoms with van der Waals surface area (Å²) in [6.45, 7) is 0.658. The van der Waals surface area contributed by atoms with Crippen molar-refractivity contribution in [1.82, 2.24) is 24.6 Å². The fourth-order valence-electron chi connectivity index (χ4n) is 3.16. The van der Waals surface area contributed by atoms with Gasteiger partial charge in [-0.2, -0.15) is 10.4 Å². The monoisotopic (exact) mass is 416 g/mol. The number of benzene rings is 2. The highest BCUT2D eigenvalue weighted by molar-refractivity contribution is 5.94. The van der Waals surface area contributed by atoms with Crippen molar-refractivity contribution < 1.29 is 9.18 Å². The van der Waals surface area contributed by atoms with Gasteiger partial charge in [0.05, 0.1) is 30.9 Å². The molecule has 1 N–H and O–H groups in total. The van der Waals surface area contributed by atoms with E-state index in [2.05, 4.69) is 15.4 Å². The molecule has 0 spiro atoms. The van der Waals surface area contributed by atoms with Crippen LogP contribution in [0.1, 0.15) is 21.5 Å². The SMILES string of the molecule is N#Cc1ccc(C(=O)NCCn2ncc3c(=O)n(Cc4ccccc4F)cnc32)cc1. The maximum atomic E-state index is 13.9. The summed E-state index contributed by atoms with van der Waals surface area (Å²) in [5.41, 5.74) is 1.39. The van der Waals surface area contributed by atoms with Crippen LogP contribution in [0.4, 0.5) is 4.39 Å². The van der Waals surface area contributed by atoms with Gasteiger partial charge in [0.15, 0.2) is 5.65 Å². The third-order valence-corrected chi connectivity index (χ3v) is 4.81. The molecule has 31 heavy (non-hydrogen) atoms. The number of hydrogen-bond acceptors (Lipinski definition) is 5. The maximum Gasteiger partial charge on any atom is 0.264 e. The van der Waals surface area contributed by atoms with Gasteiger partial charge in [0, 0.05) is 17.7 Å². The summed E-state index contributed by atoms with van der Waals surface area (Å²) in [5.74, 6) is -0.663. The van der Waals surface area contributed by atoms with E-state index >= 15 is 0 Å². The van der Waals surface area contributed by atoms with E-state index < -0.39 is 0 Å². The van der Waals surface area contributed by atoms with Crippen molar-refractivity contribution >= 4 is 16.9 Å². The summed E-state index contributed by atoms with van der Waals surface area (Å²) in [6, 6.07) is 14.6. The average Bonchev–Trinajstić information content (AvgIpc) is 3.21. The summed E-state index contributed by atoms with van der Waals surface area (Å²) in [4.78, 5) is 29.2. The van der Waals surface area contributed by atoms with Crippen LogP contribution in [-0.2, 0) is 13.1 Å². The van der Waals surface area contributed by atoms with E-state index in [0.717, 1.165) is 0 Å². The third kappa shape index (κ3) is 4.18. The first-order valence-electron chi connectivity index (χ1n) is 9.49. The molecule has 4 aromatic rings. The van der Waals surface area contributed by atoms with Gasteiger partial charge in [-0.3, -0.25) is 14.2 Å². The molecule has 0 aliphatic heterocycles. The lowest BCUT2D eigenvalue weighted by molar-refractivity contribution is 0.0952. The number of carbonyl (C=O) groups is 1. The second kappa shape index (κ2) is 8.59. The van der Waals surface area contributed by atoms with Crippen LogP contribution < -0.4 is 10.9 Å². The number of fused-ring (bicyclic) bond motifs is 1. The second-order valence-electron chi connectivity index (χ2n) is 6.82. The Hall–Kier alpha value is -4.32. The highest BCUT2D eigenvalue weighted by Crippen LogP contribution is 2.10. The molecule has 0 saturated carbocycles. The van der Waals surface area contributed by atoms with E-state index in [4.69, 9.17) is 5.26 Å². The minimum absolute atomic E-state index is 0.0697. The van der Waals surface area contributed by atoms with E-state index in [-0.39, 0.29) is 30.4 Å². The number of rotatable bonds is 6. The lowest BCUT2D eigenvalue weighted by atomic mass is 10.1. The number of aromatic nitrogens is 4. The number of amides is 1. The Morgan fingerprint density at radius 3 is 2.68 bits per heavy atom. The van der Waals surface area contributed by atoms with Crippen molar-refractivity contribution in [2.75, 3.05) is 6.54 Å². The summed E-state index contributed by atoms with van der Waals surface area (Å²) >= 11 is 0. The molecule has 2 aromatic carbocycles. The standard InChI is InChI=1S/C22H17FN6O2/c23-19-4-2-1-3-17(19)13-28-14-26-20-18(22(28)31)12-27-29(20)10-9-25-21(30)16-7-5-15(11-24)6-8-16/h1-8,12,14H,9-10,13H2,(H,25,30). The molecule has 0 unspecified atom stereocenters. The number of hydrogen-bond donors (Lipinski definition) is 1. The zero-order chi connectivity index (χ0) is 21.8. The molecule has 2 aromatic heterocycles. The zero-order valence-electron chi connectivity index (χ0n) is 16.3. The summed E-state index contributed by atoms with van der Waals surface area (Å²) in [5, 5.41) is 16.1. The van der Waals surface area contributed by atoms with Crippen LogP contribution in [0, 0.1) is 17.1 Å². The van der Waals surface area contributed by atoms with Crippen LogP contribution in [-0.4, -0.2) is 31.8 Å². The normalized spacial score (nSPS) is 10.7. The van der Waals surface area contributed by atoms with Crippen LogP contribution in [0.25, 0.3) is 11.0 Å². The molecule has 0 aliphatic rings. The predicted octanol–water partition coefficient (Wildman–Crippen LogP) is 2.08. The molecular formula is C22H17FN6O2. The summed E-state index contributed by atoms with van der Waals surface area (Å²) < 4.78 is 16.8.